The molecular formula is C13H27NO2. The summed E-state index contributed by atoms with van der Waals surface area (Å²) in [5.41, 5.74) is 0. The van der Waals surface area contributed by atoms with Gasteiger partial charge in [-0.1, -0.05) is 6.92 Å². The van der Waals surface area contributed by atoms with E-state index in [9.17, 15) is 0 Å². The van der Waals surface area contributed by atoms with Gasteiger partial charge in [-0.05, 0) is 45.6 Å². The van der Waals surface area contributed by atoms with Crippen molar-refractivity contribution < 1.29 is 9.47 Å². The predicted molar refractivity (Wildman–Crippen MR) is 66.7 cm³/mol. The molecule has 1 N–H and O–H groups in total. The smallest absolute Gasteiger partial charge is 0.0703 e. The molecule has 0 aromatic carbocycles. The fourth-order valence-corrected chi connectivity index (χ4v) is 1.74. The number of hydrogen-bond donors (Lipinski definition) is 1. The summed E-state index contributed by atoms with van der Waals surface area (Å²) in [6.07, 6.45) is 4.24. The first-order valence-electron chi connectivity index (χ1n) is 6.66. The third kappa shape index (κ3) is 6.46. The highest BCUT2D eigenvalue weighted by molar-refractivity contribution is 4.86. The normalized spacial score (nSPS) is 18.0. The molecule has 1 rings (SSSR count). The molecule has 0 amide bonds. The van der Waals surface area contributed by atoms with Crippen LogP contribution in [0.25, 0.3) is 0 Å². The fourth-order valence-electron chi connectivity index (χ4n) is 1.74. The van der Waals surface area contributed by atoms with Crippen LogP contribution in [-0.4, -0.2) is 38.5 Å². The SMILES string of the molecule is CCCNC(COCCOC(C)C)C1CC1. The van der Waals surface area contributed by atoms with E-state index >= 15 is 0 Å². The zero-order chi connectivity index (χ0) is 11.8. The monoisotopic (exact) mass is 229 g/mol. The Bertz CT molecular complexity index is 169. The molecule has 1 atom stereocenters. The van der Waals surface area contributed by atoms with Crippen molar-refractivity contribution in [2.24, 2.45) is 5.92 Å². The molecule has 1 aliphatic carbocycles. The van der Waals surface area contributed by atoms with Crippen LogP contribution in [0.15, 0.2) is 0 Å². The van der Waals surface area contributed by atoms with Crippen molar-refractivity contribution in [2.75, 3.05) is 26.4 Å². The number of hydrogen-bond acceptors (Lipinski definition) is 3. The zero-order valence-corrected chi connectivity index (χ0v) is 11.0. The van der Waals surface area contributed by atoms with Gasteiger partial charge in [0.2, 0.25) is 0 Å². The molecule has 0 aromatic heterocycles. The summed E-state index contributed by atoms with van der Waals surface area (Å²) in [6, 6.07) is 0.569. The van der Waals surface area contributed by atoms with Crippen molar-refractivity contribution in [3.63, 3.8) is 0 Å². The summed E-state index contributed by atoms with van der Waals surface area (Å²) in [5.74, 6) is 0.859. The standard InChI is InChI=1S/C13H27NO2/c1-4-7-14-13(12-5-6-12)10-15-8-9-16-11(2)3/h11-14H,4-10H2,1-3H3. The molecule has 1 aliphatic rings. The van der Waals surface area contributed by atoms with Crippen LogP contribution in [0, 0.1) is 5.92 Å². The van der Waals surface area contributed by atoms with E-state index in [0.29, 0.717) is 18.8 Å². The summed E-state index contributed by atoms with van der Waals surface area (Å²) in [7, 11) is 0. The van der Waals surface area contributed by atoms with Crippen LogP contribution in [0.2, 0.25) is 0 Å². The van der Waals surface area contributed by atoms with Crippen molar-refractivity contribution in [3.8, 4) is 0 Å². The molecule has 1 unspecified atom stereocenters. The maximum atomic E-state index is 5.66. The first-order valence-corrected chi connectivity index (χ1v) is 6.66. The van der Waals surface area contributed by atoms with E-state index in [1.165, 1.54) is 19.3 Å². The zero-order valence-electron chi connectivity index (χ0n) is 11.0. The Morgan fingerprint density at radius 2 is 2.00 bits per heavy atom. The minimum absolute atomic E-state index is 0.307. The van der Waals surface area contributed by atoms with Crippen LogP contribution >= 0.6 is 0 Å². The second kappa shape index (κ2) is 8.04. The largest absolute Gasteiger partial charge is 0.377 e. The molecule has 3 nitrogen and oxygen atoms in total. The number of nitrogens with one attached hydrogen (secondary N) is 1. The van der Waals surface area contributed by atoms with Crippen molar-refractivity contribution in [1.82, 2.24) is 5.32 Å². The Labute approximate surface area is 99.9 Å². The summed E-state index contributed by atoms with van der Waals surface area (Å²) < 4.78 is 11.1. The lowest BCUT2D eigenvalue weighted by Crippen LogP contribution is -2.36. The Balaban J connectivity index is 1.99. The van der Waals surface area contributed by atoms with E-state index < -0.39 is 0 Å². The third-order valence-corrected chi connectivity index (χ3v) is 2.82. The minimum atomic E-state index is 0.307. The van der Waals surface area contributed by atoms with Gasteiger partial charge >= 0.3 is 0 Å². The Kier molecular flexibility index (Phi) is 7.01. The maximum Gasteiger partial charge on any atom is 0.0703 e. The van der Waals surface area contributed by atoms with E-state index in [1.54, 1.807) is 0 Å². The fraction of sp³-hybridized carbons (Fsp3) is 1.00. The molecule has 0 heterocycles. The van der Waals surface area contributed by atoms with Crippen molar-refractivity contribution in [2.45, 2.75) is 52.2 Å². The van der Waals surface area contributed by atoms with E-state index in [1.807, 2.05) is 0 Å². The Morgan fingerprint density at radius 3 is 2.56 bits per heavy atom. The van der Waals surface area contributed by atoms with E-state index in [0.717, 1.165) is 25.7 Å². The van der Waals surface area contributed by atoms with Gasteiger partial charge in [0.05, 0.1) is 25.9 Å². The van der Waals surface area contributed by atoms with Gasteiger partial charge in [-0.2, -0.15) is 0 Å². The van der Waals surface area contributed by atoms with Gasteiger partial charge in [0.1, 0.15) is 0 Å². The van der Waals surface area contributed by atoms with Crippen LogP contribution in [0.4, 0.5) is 0 Å². The topological polar surface area (TPSA) is 30.5 Å². The maximum absolute atomic E-state index is 5.66. The molecule has 0 spiro atoms. The first-order chi connectivity index (χ1) is 7.74. The minimum Gasteiger partial charge on any atom is -0.377 e. The molecule has 3 heteroatoms. The highest BCUT2D eigenvalue weighted by atomic mass is 16.5. The number of ether oxygens (including phenoxy) is 2. The van der Waals surface area contributed by atoms with Crippen LogP contribution in [0.5, 0.6) is 0 Å². The average Bonchev–Trinajstić information content (AvgIpc) is 3.05. The Morgan fingerprint density at radius 1 is 1.25 bits per heavy atom. The summed E-state index contributed by atoms with van der Waals surface area (Å²) in [4.78, 5) is 0. The Hall–Kier alpha value is -0.120. The van der Waals surface area contributed by atoms with Gasteiger partial charge in [-0.25, -0.2) is 0 Å². The van der Waals surface area contributed by atoms with Crippen molar-refractivity contribution in [1.29, 1.82) is 0 Å². The molecule has 1 fully saturated rings. The van der Waals surface area contributed by atoms with E-state index in [-0.39, 0.29) is 0 Å². The molecule has 96 valence electrons. The van der Waals surface area contributed by atoms with Crippen LogP contribution in [0.3, 0.4) is 0 Å². The first kappa shape index (κ1) is 13.9. The molecule has 0 bridgehead atoms. The second-order valence-electron chi connectivity index (χ2n) is 4.89. The molecule has 1 saturated carbocycles. The molecule has 0 aromatic rings. The molecule has 0 saturated heterocycles. The number of rotatable bonds is 10. The quantitative estimate of drug-likeness (QED) is 0.583. The average molecular weight is 229 g/mol. The van der Waals surface area contributed by atoms with Gasteiger partial charge in [0.25, 0.3) is 0 Å². The van der Waals surface area contributed by atoms with Crippen LogP contribution in [-0.2, 0) is 9.47 Å². The third-order valence-electron chi connectivity index (χ3n) is 2.82. The highest BCUT2D eigenvalue weighted by Crippen LogP contribution is 2.32. The lowest BCUT2D eigenvalue weighted by atomic mass is 10.2. The summed E-state index contributed by atoms with van der Waals surface area (Å²) >= 11 is 0. The van der Waals surface area contributed by atoms with Gasteiger partial charge in [-0.15, -0.1) is 0 Å². The van der Waals surface area contributed by atoms with Crippen molar-refractivity contribution >= 4 is 0 Å². The lowest BCUT2D eigenvalue weighted by molar-refractivity contribution is 0.0123. The van der Waals surface area contributed by atoms with Gasteiger partial charge in [0.15, 0.2) is 0 Å². The summed E-state index contributed by atoms with van der Waals surface area (Å²) in [6.45, 7) is 9.68. The molecular weight excluding hydrogens is 202 g/mol. The molecule has 16 heavy (non-hydrogen) atoms. The summed E-state index contributed by atoms with van der Waals surface area (Å²) in [5, 5.41) is 3.57. The predicted octanol–water partition coefficient (Wildman–Crippen LogP) is 2.21. The van der Waals surface area contributed by atoms with E-state index in [2.05, 4.69) is 26.1 Å². The lowest BCUT2D eigenvalue weighted by Gasteiger charge is -2.18. The highest BCUT2D eigenvalue weighted by Gasteiger charge is 2.30. The van der Waals surface area contributed by atoms with Crippen LogP contribution in [0.1, 0.15) is 40.0 Å². The second-order valence-corrected chi connectivity index (χ2v) is 4.89. The van der Waals surface area contributed by atoms with Gasteiger partial charge < -0.3 is 14.8 Å². The van der Waals surface area contributed by atoms with Gasteiger partial charge in [-0.3, -0.25) is 0 Å². The molecule has 0 radical (unpaired) electrons. The van der Waals surface area contributed by atoms with E-state index in [4.69, 9.17) is 9.47 Å². The van der Waals surface area contributed by atoms with Gasteiger partial charge in [0, 0.05) is 6.04 Å². The van der Waals surface area contributed by atoms with Crippen LogP contribution < -0.4 is 5.32 Å². The van der Waals surface area contributed by atoms with Crippen molar-refractivity contribution in [3.05, 3.63) is 0 Å². The molecule has 0 aliphatic heterocycles.